The van der Waals surface area contributed by atoms with E-state index in [0.717, 1.165) is 44.8 Å². The van der Waals surface area contributed by atoms with E-state index in [0.29, 0.717) is 5.82 Å². The zero-order valence-corrected chi connectivity index (χ0v) is 34.0. The molecule has 0 amide bonds. The molecule has 0 saturated heterocycles. The third-order valence-corrected chi connectivity index (χ3v) is 14.2. The molecule has 0 fully saturated rings. The van der Waals surface area contributed by atoms with Crippen LogP contribution in [0.25, 0.3) is 118 Å². The Morgan fingerprint density at radius 3 is 1.43 bits per heavy atom. The van der Waals surface area contributed by atoms with Gasteiger partial charge in [-0.05, 0) is 74.5 Å². The second-order valence-corrected chi connectivity index (χ2v) is 17.4. The Balaban J connectivity index is 1.12. The molecule has 0 aliphatic heterocycles. The van der Waals surface area contributed by atoms with Gasteiger partial charge in [0.1, 0.15) is 0 Å². The van der Waals surface area contributed by atoms with E-state index in [-0.39, 0.29) is 0 Å². The SMILES string of the molecule is c1ccc(-c2ccc(-c3cc(-c4cccc5ccccc45)ccc3-c3nc(-c4cccc5c4sc4ccccc45)cc(-c4cccc5c4sc4ccccc45)n3)cc2)cc1. The largest absolute Gasteiger partial charge is 0.228 e. The second kappa shape index (κ2) is 14.2. The number of hydrogen-bond donors (Lipinski definition) is 0. The summed E-state index contributed by atoms with van der Waals surface area (Å²) in [5.74, 6) is 0.699. The van der Waals surface area contributed by atoms with E-state index in [4.69, 9.17) is 9.97 Å². The molecule has 4 heteroatoms. The summed E-state index contributed by atoms with van der Waals surface area (Å²) in [6.45, 7) is 0. The molecule has 12 aromatic rings. The van der Waals surface area contributed by atoms with Crippen molar-refractivity contribution in [3.63, 3.8) is 0 Å². The second-order valence-electron chi connectivity index (χ2n) is 15.3. The molecule has 0 radical (unpaired) electrons. The van der Waals surface area contributed by atoms with Crippen molar-refractivity contribution in [2.45, 2.75) is 0 Å². The van der Waals surface area contributed by atoms with E-state index < -0.39 is 0 Å². The van der Waals surface area contributed by atoms with Gasteiger partial charge < -0.3 is 0 Å². The molecule has 0 unspecified atom stereocenters. The number of nitrogens with zero attached hydrogens (tertiary/aromatic N) is 2. The van der Waals surface area contributed by atoms with Crippen LogP contribution in [0.3, 0.4) is 0 Å². The van der Waals surface area contributed by atoms with Crippen LogP contribution < -0.4 is 0 Å². The topological polar surface area (TPSA) is 25.8 Å². The summed E-state index contributed by atoms with van der Waals surface area (Å²) in [5.41, 5.74) is 12.0. The highest BCUT2D eigenvalue weighted by atomic mass is 32.1. The maximum absolute atomic E-state index is 5.55. The zero-order chi connectivity index (χ0) is 39.6. The Bertz CT molecular complexity index is 3460. The molecule has 3 heterocycles. The van der Waals surface area contributed by atoms with Gasteiger partial charge in [-0.25, -0.2) is 9.97 Å². The molecule has 0 N–H and O–H groups in total. The first-order valence-corrected chi connectivity index (χ1v) is 21.9. The Labute approximate surface area is 355 Å². The van der Waals surface area contributed by atoms with Crippen LogP contribution in [0.1, 0.15) is 0 Å². The molecule has 60 heavy (non-hydrogen) atoms. The highest BCUT2D eigenvalue weighted by Crippen LogP contribution is 2.44. The summed E-state index contributed by atoms with van der Waals surface area (Å²) < 4.78 is 5.01. The Morgan fingerprint density at radius 2 is 0.767 bits per heavy atom. The van der Waals surface area contributed by atoms with Gasteiger partial charge in [0.15, 0.2) is 5.82 Å². The molecule has 0 spiro atoms. The molecule has 280 valence electrons. The van der Waals surface area contributed by atoms with Crippen LogP contribution in [-0.2, 0) is 0 Å². The third-order valence-electron chi connectivity index (χ3n) is 11.8. The average Bonchev–Trinajstić information content (AvgIpc) is 3.90. The maximum atomic E-state index is 5.55. The Hall–Kier alpha value is -7.24. The lowest BCUT2D eigenvalue weighted by atomic mass is 9.91. The van der Waals surface area contributed by atoms with Gasteiger partial charge in [0.05, 0.1) is 11.4 Å². The van der Waals surface area contributed by atoms with Crippen LogP contribution in [0.5, 0.6) is 0 Å². The summed E-state index contributed by atoms with van der Waals surface area (Å²) in [4.78, 5) is 11.1. The molecular formula is C56H34N2S2. The quantitative estimate of drug-likeness (QED) is 0.167. The predicted octanol–water partition coefficient (Wildman–Crippen LogP) is 16.4. The van der Waals surface area contributed by atoms with Crippen molar-refractivity contribution in [2.24, 2.45) is 0 Å². The van der Waals surface area contributed by atoms with Crippen LogP contribution in [-0.4, -0.2) is 9.97 Å². The van der Waals surface area contributed by atoms with Crippen LogP contribution >= 0.6 is 22.7 Å². The number of aromatic nitrogens is 2. The van der Waals surface area contributed by atoms with Gasteiger partial charge in [-0.3, -0.25) is 0 Å². The zero-order valence-electron chi connectivity index (χ0n) is 32.3. The average molecular weight is 799 g/mol. The standard InChI is InChI=1S/C56H34N2S2/c1-2-13-35(14-3-1)36-27-29-38(30-28-36)49-33-39(41-20-10-16-37-15-4-5-17-40(37)41)31-32-46(49)56-57-50(47-23-11-21-44-42-18-6-8-25-52(42)59-54(44)47)34-51(58-56)48-24-12-22-45-43-19-7-9-26-53(43)60-55(45)48/h1-34H. The van der Waals surface area contributed by atoms with Crippen molar-refractivity contribution in [1.29, 1.82) is 0 Å². The number of hydrogen-bond acceptors (Lipinski definition) is 4. The molecule has 12 rings (SSSR count). The summed E-state index contributed by atoms with van der Waals surface area (Å²) in [5, 5.41) is 7.49. The van der Waals surface area contributed by atoms with Gasteiger partial charge in [0.25, 0.3) is 0 Å². The summed E-state index contributed by atoms with van der Waals surface area (Å²) >= 11 is 3.67. The van der Waals surface area contributed by atoms with E-state index in [1.54, 1.807) is 0 Å². The molecule has 0 atom stereocenters. The minimum atomic E-state index is 0.699. The first-order chi connectivity index (χ1) is 29.7. The van der Waals surface area contributed by atoms with Gasteiger partial charge in [0.2, 0.25) is 0 Å². The number of thiophene rings is 2. The van der Waals surface area contributed by atoms with Crippen molar-refractivity contribution in [3.8, 4) is 67.3 Å². The monoisotopic (exact) mass is 798 g/mol. The normalized spacial score (nSPS) is 11.7. The first kappa shape index (κ1) is 34.8. The van der Waals surface area contributed by atoms with E-state index in [1.807, 2.05) is 22.7 Å². The molecular weight excluding hydrogens is 765 g/mol. The lowest BCUT2D eigenvalue weighted by molar-refractivity contribution is 1.19. The summed E-state index contributed by atoms with van der Waals surface area (Å²) in [6.07, 6.45) is 0. The van der Waals surface area contributed by atoms with Gasteiger partial charge in [0, 0.05) is 57.0 Å². The molecule has 9 aromatic carbocycles. The number of fused-ring (bicyclic) bond motifs is 7. The van der Waals surface area contributed by atoms with Crippen molar-refractivity contribution >= 4 is 73.8 Å². The molecule has 0 bridgehead atoms. The predicted molar refractivity (Wildman–Crippen MR) is 258 cm³/mol. The van der Waals surface area contributed by atoms with E-state index in [2.05, 4.69) is 206 Å². The summed E-state index contributed by atoms with van der Waals surface area (Å²) in [6, 6.07) is 74.4. The van der Waals surface area contributed by atoms with E-state index >= 15 is 0 Å². The fourth-order valence-electron chi connectivity index (χ4n) is 8.84. The van der Waals surface area contributed by atoms with Crippen molar-refractivity contribution in [3.05, 3.63) is 206 Å². The third kappa shape index (κ3) is 5.84. The Kier molecular flexibility index (Phi) is 8.25. The molecule has 3 aromatic heterocycles. The maximum Gasteiger partial charge on any atom is 0.161 e. The highest BCUT2D eigenvalue weighted by Gasteiger charge is 2.20. The van der Waals surface area contributed by atoms with Gasteiger partial charge in [-0.15, -0.1) is 22.7 Å². The van der Waals surface area contributed by atoms with E-state index in [9.17, 15) is 0 Å². The van der Waals surface area contributed by atoms with Gasteiger partial charge >= 0.3 is 0 Å². The van der Waals surface area contributed by atoms with Gasteiger partial charge in [-0.1, -0.05) is 176 Å². The van der Waals surface area contributed by atoms with Crippen molar-refractivity contribution in [1.82, 2.24) is 9.97 Å². The minimum Gasteiger partial charge on any atom is -0.228 e. The smallest absolute Gasteiger partial charge is 0.161 e. The highest BCUT2D eigenvalue weighted by molar-refractivity contribution is 7.26. The molecule has 0 aliphatic carbocycles. The van der Waals surface area contributed by atoms with Gasteiger partial charge in [-0.2, -0.15) is 0 Å². The van der Waals surface area contributed by atoms with Crippen LogP contribution in [0.15, 0.2) is 206 Å². The fraction of sp³-hybridized carbons (Fsp3) is 0. The first-order valence-electron chi connectivity index (χ1n) is 20.2. The Morgan fingerprint density at radius 1 is 0.283 bits per heavy atom. The molecule has 2 nitrogen and oxygen atoms in total. The number of benzene rings is 9. The van der Waals surface area contributed by atoms with Crippen LogP contribution in [0.4, 0.5) is 0 Å². The van der Waals surface area contributed by atoms with E-state index in [1.165, 1.54) is 67.8 Å². The minimum absolute atomic E-state index is 0.699. The van der Waals surface area contributed by atoms with Crippen molar-refractivity contribution < 1.29 is 0 Å². The van der Waals surface area contributed by atoms with Crippen molar-refractivity contribution in [2.75, 3.05) is 0 Å². The van der Waals surface area contributed by atoms with Crippen LogP contribution in [0, 0.1) is 0 Å². The van der Waals surface area contributed by atoms with Crippen LogP contribution in [0.2, 0.25) is 0 Å². The molecule has 0 saturated carbocycles. The fourth-order valence-corrected chi connectivity index (χ4v) is 11.3. The molecule has 0 aliphatic rings. The number of rotatable bonds is 6. The lowest BCUT2D eigenvalue weighted by Crippen LogP contribution is -1.98. The summed E-state index contributed by atoms with van der Waals surface area (Å²) in [7, 11) is 0. The lowest BCUT2D eigenvalue weighted by Gasteiger charge is -2.16.